The zero-order valence-corrected chi connectivity index (χ0v) is 10.3. The van der Waals surface area contributed by atoms with Crippen LogP contribution in [0.3, 0.4) is 0 Å². The average Bonchev–Trinajstić information content (AvgIpc) is 2.62. The van der Waals surface area contributed by atoms with Gasteiger partial charge in [0, 0.05) is 31.3 Å². The standard InChI is InChI=1S/C12H21NO3/c1-4-6-9-10(7-12(14)16-5-2)13-8-11(9)15-3/h7,9,11,13H,4-6,8H2,1-3H3/b10-7-/t9-,11-/m1/s1. The van der Waals surface area contributed by atoms with E-state index in [1.807, 2.05) is 0 Å². The Kier molecular flexibility index (Phi) is 5.32. The lowest BCUT2D eigenvalue weighted by atomic mass is 9.97. The first-order chi connectivity index (χ1) is 7.72. The van der Waals surface area contributed by atoms with Crippen molar-refractivity contribution in [2.24, 2.45) is 5.92 Å². The molecule has 1 N–H and O–H groups in total. The van der Waals surface area contributed by atoms with E-state index in [2.05, 4.69) is 12.2 Å². The van der Waals surface area contributed by atoms with Crippen molar-refractivity contribution in [1.82, 2.24) is 5.32 Å². The third kappa shape index (κ3) is 3.23. The van der Waals surface area contributed by atoms with E-state index in [1.165, 1.54) is 0 Å². The van der Waals surface area contributed by atoms with Crippen LogP contribution < -0.4 is 5.32 Å². The molecule has 4 heteroatoms. The molecule has 0 aromatic carbocycles. The summed E-state index contributed by atoms with van der Waals surface area (Å²) in [5, 5.41) is 3.22. The molecule has 1 fully saturated rings. The minimum absolute atomic E-state index is 0.167. The molecule has 1 saturated heterocycles. The Hall–Kier alpha value is -1.03. The lowest BCUT2D eigenvalue weighted by Gasteiger charge is -2.16. The van der Waals surface area contributed by atoms with Crippen LogP contribution in [0.25, 0.3) is 0 Å². The van der Waals surface area contributed by atoms with Gasteiger partial charge in [0.1, 0.15) is 0 Å². The van der Waals surface area contributed by atoms with E-state index in [9.17, 15) is 4.79 Å². The van der Waals surface area contributed by atoms with Gasteiger partial charge in [-0.3, -0.25) is 0 Å². The SMILES string of the molecule is CCC[C@@H]1/C(=C/C(=O)OCC)NC[C@H]1OC. The molecule has 0 saturated carbocycles. The number of hydrogen-bond donors (Lipinski definition) is 1. The van der Waals surface area contributed by atoms with Crippen LogP contribution >= 0.6 is 0 Å². The largest absolute Gasteiger partial charge is 0.463 e. The maximum Gasteiger partial charge on any atom is 0.332 e. The van der Waals surface area contributed by atoms with Gasteiger partial charge in [0.2, 0.25) is 0 Å². The quantitative estimate of drug-likeness (QED) is 0.570. The van der Waals surface area contributed by atoms with Gasteiger partial charge in [-0.2, -0.15) is 0 Å². The molecular weight excluding hydrogens is 206 g/mol. The van der Waals surface area contributed by atoms with E-state index >= 15 is 0 Å². The van der Waals surface area contributed by atoms with Crippen molar-refractivity contribution in [3.63, 3.8) is 0 Å². The van der Waals surface area contributed by atoms with Gasteiger partial charge < -0.3 is 14.8 Å². The van der Waals surface area contributed by atoms with Crippen molar-refractivity contribution in [3.05, 3.63) is 11.8 Å². The number of rotatable bonds is 5. The van der Waals surface area contributed by atoms with Crippen LogP contribution in [0.1, 0.15) is 26.7 Å². The second kappa shape index (κ2) is 6.53. The third-order valence-corrected chi connectivity index (χ3v) is 2.82. The summed E-state index contributed by atoms with van der Waals surface area (Å²) in [5.74, 6) is 0.0160. The molecule has 0 aromatic heterocycles. The van der Waals surface area contributed by atoms with Crippen LogP contribution in [-0.4, -0.2) is 32.3 Å². The van der Waals surface area contributed by atoms with Crippen LogP contribution in [0.15, 0.2) is 11.8 Å². The van der Waals surface area contributed by atoms with Gasteiger partial charge in [0.15, 0.2) is 0 Å². The molecule has 0 spiro atoms. The Labute approximate surface area is 97.0 Å². The van der Waals surface area contributed by atoms with Gasteiger partial charge in [0.25, 0.3) is 0 Å². The van der Waals surface area contributed by atoms with Gasteiger partial charge in [-0.1, -0.05) is 13.3 Å². The zero-order valence-electron chi connectivity index (χ0n) is 10.3. The highest BCUT2D eigenvalue weighted by Gasteiger charge is 2.31. The van der Waals surface area contributed by atoms with E-state index in [0.717, 1.165) is 25.1 Å². The minimum atomic E-state index is -0.275. The Morgan fingerprint density at radius 3 is 2.88 bits per heavy atom. The Bertz CT molecular complexity index is 263. The lowest BCUT2D eigenvalue weighted by Crippen LogP contribution is -2.20. The maximum atomic E-state index is 11.4. The molecule has 0 amide bonds. The number of carbonyl (C=O) groups excluding carboxylic acids is 1. The molecule has 1 rings (SSSR count). The summed E-state index contributed by atoms with van der Waals surface area (Å²) in [6.07, 6.45) is 3.83. The van der Waals surface area contributed by atoms with Crippen LogP contribution in [-0.2, 0) is 14.3 Å². The third-order valence-electron chi connectivity index (χ3n) is 2.82. The molecule has 0 unspecified atom stereocenters. The highest BCUT2D eigenvalue weighted by Crippen LogP contribution is 2.26. The maximum absolute atomic E-state index is 11.4. The first-order valence-corrected chi connectivity index (χ1v) is 5.87. The number of ether oxygens (including phenoxy) is 2. The Balaban J connectivity index is 2.67. The van der Waals surface area contributed by atoms with Crippen molar-refractivity contribution in [3.8, 4) is 0 Å². The van der Waals surface area contributed by atoms with E-state index < -0.39 is 0 Å². The zero-order chi connectivity index (χ0) is 12.0. The highest BCUT2D eigenvalue weighted by atomic mass is 16.5. The molecule has 16 heavy (non-hydrogen) atoms. The van der Waals surface area contributed by atoms with Crippen molar-refractivity contribution in [1.29, 1.82) is 0 Å². The molecule has 0 radical (unpaired) electrons. The van der Waals surface area contributed by atoms with E-state index in [1.54, 1.807) is 20.1 Å². The average molecular weight is 227 g/mol. The molecule has 2 atom stereocenters. The fourth-order valence-corrected chi connectivity index (χ4v) is 2.06. The first-order valence-electron chi connectivity index (χ1n) is 5.87. The van der Waals surface area contributed by atoms with Gasteiger partial charge in [0.05, 0.1) is 12.7 Å². The van der Waals surface area contributed by atoms with Crippen molar-refractivity contribution >= 4 is 5.97 Å². The van der Waals surface area contributed by atoms with Gasteiger partial charge >= 0.3 is 5.97 Å². The van der Waals surface area contributed by atoms with Crippen LogP contribution in [0, 0.1) is 5.92 Å². The molecule has 1 aliphatic rings. The summed E-state index contributed by atoms with van der Waals surface area (Å²) in [4.78, 5) is 11.4. The molecule has 92 valence electrons. The number of carbonyl (C=O) groups is 1. The van der Waals surface area contributed by atoms with Crippen molar-refractivity contribution in [2.45, 2.75) is 32.8 Å². The molecule has 4 nitrogen and oxygen atoms in total. The van der Waals surface area contributed by atoms with E-state index in [0.29, 0.717) is 12.5 Å². The summed E-state index contributed by atoms with van der Waals surface area (Å²) in [5.41, 5.74) is 0.951. The fraction of sp³-hybridized carbons (Fsp3) is 0.750. The predicted octanol–water partition coefficient (Wildman–Crippen LogP) is 1.47. The van der Waals surface area contributed by atoms with Gasteiger partial charge in [-0.25, -0.2) is 4.79 Å². The van der Waals surface area contributed by atoms with Gasteiger partial charge in [-0.05, 0) is 13.3 Å². The minimum Gasteiger partial charge on any atom is -0.463 e. The fourth-order valence-electron chi connectivity index (χ4n) is 2.06. The smallest absolute Gasteiger partial charge is 0.332 e. The highest BCUT2D eigenvalue weighted by molar-refractivity contribution is 5.82. The summed E-state index contributed by atoms with van der Waals surface area (Å²) in [6, 6.07) is 0. The number of hydrogen-bond acceptors (Lipinski definition) is 4. The number of methoxy groups -OCH3 is 1. The first kappa shape index (κ1) is 13.0. The molecule has 1 heterocycles. The summed E-state index contributed by atoms with van der Waals surface area (Å²) in [6.45, 7) is 5.12. The molecular formula is C12H21NO3. The monoisotopic (exact) mass is 227 g/mol. The molecule has 0 aliphatic carbocycles. The Morgan fingerprint density at radius 2 is 2.31 bits per heavy atom. The summed E-state index contributed by atoms with van der Waals surface area (Å²) < 4.78 is 10.3. The van der Waals surface area contributed by atoms with Crippen LogP contribution in [0.4, 0.5) is 0 Å². The number of nitrogens with one attached hydrogen (secondary N) is 1. The second-order valence-electron chi connectivity index (χ2n) is 3.90. The lowest BCUT2D eigenvalue weighted by molar-refractivity contribution is -0.137. The molecule has 0 bridgehead atoms. The van der Waals surface area contributed by atoms with E-state index in [-0.39, 0.29) is 12.1 Å². The number of esters is 1. The van der Waals surface area contributed by atoms with Gasteiger partial charge in [-0.15, -0.1) is 0 Å². The second-order valence-corrected chi connectivity index (χ2v) is 3.90. The molecule has 1 aliphatic heterocycles. The van der Waals surface area contributed by atoms with Crippen LogP contribution in [0.5, 0.6) is 0 Å². The normalized spacial score (nSPS) is 26.8. The summed E-state index contributed by atoms with van der Waals surface area (Å²) >= 11 is 0. The van der Waals surface area contributed by atoms with E-state index in [4.69, 9.17) is 9.47 Å². The van der Waals surface area contributed by atoms with Crippen molar-refractivity contribution < 1.29 is 14.3 Å². The summed E-state index contributed by atoms with van der Waals surface area (Å²) in [7, 11) is 1.71. The van der Waals surface area contributed by atoms with Crippen LogP contribution in [0.2, 0.25) is 0 Å². The topological polar surface area (TPSA) is 47.6 Å². The van der Waals surface area contributed by atoms with Crippen molar-refractivity contribution in [2.75, 3.05) is 20.3 Å². The molecule has 0 aromatic rings. The predicted molar refractivity (Wildman–Crippen MR) is 61.9 cm³/mol. The Morgan fingerprint density at radius 1 is 1.56 bits per heavy atom.